The van der Waals surface area contributed by atoms with Gasteiger partial charge in [0, 0.05) is 18.2 Å². The number of hydrogen-bond acceptors (Lipinski definition) is 5. The highest BCUT2D eigenvalue weighted by atomic mass is 32.2. The van der Waals surface area contributed by atoms with Gasteiger partial charge >= 0.3 is 0 Å². The minimum atomic E-state index is -3.60. The van der Waals surface area contributed by atoms with Gasteiger partial charge in [-0.1, -0.05) is 30.7 Å². The van der Waals surface area contributed by atoms with E-state index in [0.717, 1.165) is 25.7 Å². The molecule has 1 saturated heterocycles. The van der Waals surface area contributed by atoms with Crippen LogP contribution in [0.4, 0.5) is 9.52 Å². The van der Waals surface area contributed by atoms with Crippen LogP contribution in [0.5, 0.6) is 0 Å². The number of rotatable bonds is 5. The molecule has 1 N–H and O–H groups in total. The summed E-state index contributed by atoms with van der Waals surface area (Å²) in [6.45, 7) is 2.52. The summed E-state index contributed by atoms with van der Waals surface area (Å²) < 4.78 is 42.1. The quantitative estimate of drug-likeness (QED) is 0.618. The summed E-state index contributed by atoms with van der Waals surface area (Å²) in [6, 6.07) is 10.6. The molecule has 4 rings (SSSR count). The van der Waals surface area contributed by atoms with Crippen LogP contribution in [0, 0.1) is 5.82 Å². The van der Waals surface area contributed by atoms with Gasteiger partial charge < -0.3 is 0 Å². The maximum atomic E-state index is 13.8. The molecule has 30 heavy (non-hydrogen) atoms. The van der Waals surface area contributed by atoms with Crippen molar-refractivity contribution >= 4 is 42.6 Å². The number of halogens is 1. The van der Waals surface area contributed by atoms with Gasteiger partial charge in [0.2, 0.25) is 10.0 Å². The first-order valence-electron chi connectivity index (χ1n) is 9.88. The highest BCUT2D eigenvalue weighted by Crippen LogP contribution is 2.29. The van der Waals surface area contributed by atoms with E-state index >= 15 is 0 Å². The molecule has 1 amide bonds. The zero-order valence-corrected chi connectivity index (χ0v) is 18.1. The second-order valence-corrected chi connectivity index (χ2v) is 10.2. The van der Waals surface area contributed by atoms with E-state index in [2.05, 4.69) is 10.3 Å². The summed E-state index contributed by atoms with van der Waals surface area (Å²) in [5, 5.41) is 2.94. The van der Waals surface area contributed by atoms with Crippen molar-refractivity contribution in [3.8, 4) is 0 Å². The van der Waals surface area contributed by atoms with Crippen LogP contribution >= 0.6 is 11.3 Å². The number of nitrogens with one attached hydrogen (secondary N) is 1. The molecule has 0 bridgehead atoms. The smallest absolute Gasteiger partial charge is 0.257 e. The molecule has 0 spiro atoms. The van der Waals surface area contributed by atoms with Crippen molar-refractivity contribution in [2.45, 2.75) is 43.5 Å². The predicted molar refractivity (Wildman–Crippen MR) is 116 cm³/mol. The average Bonchev–Trinajstić information content (AvgIpc) is 3.17. The van der Waals surface area contributed by atoms with Gasteiger partial charge in [0.15, 0.2) is 5.13 Å². The molecule has 0 radical (unpaired) electrons. The van der Waals surface area contributed by atoms with Gasteiger partial charge in [0.05, 0.1) is 9.60 Å². The molecule has 0 unspecified atom stereocenters. The Bertz CT molecular complexity index is 1180. The summed E-state index contributed by atoms with van der Waals surface area (Å²) in [4.78, 5) is 16.8. The molecule has 6 nitrogen and oxygen atoms in total. The monoisotopic (exact) mass is 447 g/mol. The zero-order valence-electron chi connectivity index (χ0n) is 16.5. The number of fused-ring (bicyclic) bond motifs is 1. The lowest BCUT2D eigenvalue weighted by Gasteiger charge is -2.34. The van der Waals surface area contributed by atoms with Crippen molar-refractivity contribution in [3.05, 3.63) is 53.8 Å². The topological polar surface area (TPSA) is 79.4 Å². The molecule has 0 saturated carbocycles. The van der Waals surface area contributed by atoms with Gasteiger partial charge in [0.25, 0.3) is 5.91 Å². The van der Waals surface area contributed by atoms with Gasteiger partial charge in [-0.15, -0.1) is 0 Å². The number of anilines is 1. The van der Waals surface area contributed by atoms with Crippen molar-refractivity contribution in [3.63, 3.8) is 0 Å². The Balaban J connectivity index is 1.52. The SMILES string of the molecule is CC[C@H]1CCCCN1S(=O)(=O)c1ccc(C(=O)Nc2nc3c(F)cccc3s2)cc1. The van der Waals surface area contributed by atoms with Crippen LogP contribution in [0.25, 0.3) is 10.2 Å². The van der Waals surface area contributed by atoms with E-state index in [9.17, 15) is 17.6 Å². The molecule has 2 heterocycles. The Kier molecular flexibility index (Phi) is 5.86. The molecule has 0 aliphatic carbocycles. The number of sulfonamides is 1. The summed E-state index contributed by atoms with van der Waals surface area (Å²) in [5.74, 6) is -0.871. The number of hydrogen-bond donors (Lipinski definition) is 1. The Morgan fingerprint density at radius 2 is 2.00 bits per heavy atom. The van der Waals surface area contributed by atoms with E-state index in [1.165, 1.54) is 41.7 Å². The average molecular weight is 448 g/mol. The number of aromatic nitrogens is 1. The number of thiazole rings is 1. The predicted octanol–water partition coefficient (Wildman–Crippen LogP) is 4.64. The molecule has 1 aliphatic heterocycles. The van der Waals surface area contributed by atoms with E-state index in [1.54, 1.807) is 16.4 Å². The fraction of sp³-hybridized carbons (Fsp3) is 0.333. The van der Waals surface area contributed by atoms with E-state index in [1.807, 2.05) is 6.92 Å². The molecule has 158 valence electrons. The molecule has 3 aromatic rings. The van der Waals surface area contributed by atoms with E-state index in [4.69, 9.17) is 0 Å². The summed E-state index contributed by atoms with van der Waals surface area (Å²) >= 11 is 1.18. The van der Waals surface area contributed by atoms with E-state index in [-0.39, 0.29) is 21.6 Å². The number of carbonyl (C=O) groups excluding carboxylic acids is 1. The molecule has 1 aromatic heterocycles. The number of carbonyl (C=O) groups is 1. The fourth-order valence-electron chi connectivity index (χ4n) is 3.75. The molecule has 9 heteroatoms. The van der Waals surface area contributed by atoms with Crippen molar-refractivity contribution in [1.29, 1.82) is 0 Å². The van der Waals surface area contributed by atoms with Crippen molar-refractivity contribution in [2.75, 3.05) is 11.9 Å². The Labute approximate surface area is 178 Å². The number of piperidine rings is 1. The largest absolute Gasteiger partial charge is 0.298 e. The minimum absolute atomic E-state index is 0.0196. The Morgan fingerprint density at radius 3 is 2.70 bits per heavy atom. The zero-order chi connectivity index (χ0) is 21.3. The lowest BCUT2D eigenvalue weighted by Crippen LogP contribution is -2.43. The van der Waals surface area contributed by atoms with Crippen molar-refractivity contribution in [1.82, 2.24) is 9.29 Å². The minimum Gasteiger partial charge on any atom is -0.298 e. The van der Waals surface area contributed by atoms with Gasteiger partial charge in [-0.25, -0.2) is 17.8 Å². The summed E-state index contributed by atoms with van der Waals surface area (Å²) in [6.07, 6.45) is 3.56. The lowest BCUT2D eigenvalue weighted by atomic mass is 10.0. The summed E-state index contributed by atoms with van der Waals surface area (Å²) in [7, 11) is -3.60. The van der Waals surface area contributed by atoms with Gasteiger partial charge in [-0.05, 0) is 55.7 Å². The first-order valence-corrected chi connectivity index (χ1v) is 12.1. The number of para-hydroxylation sites is 1. The van der Waals surface area contributed by atoms with E-state index in [0.29, 0.717) is 16.8 Å². The highest BCUT2D eigenvalue weighted by molar-refractivity contribution is 7.89. The van der Waals surface area contributed by atoms with Crippen molar-refractivity contribution < 1.29 is 17.6 Å². The van der Waals surface area contributed by atoms with Crippen LogP contribution in [0.2, 0.25) is 0 Å². The van der Waals surface area contributed by atoms with E-state index < -0.39 is 21.7 Å². The van der Waals surface area contributed by atoms with Gasteiger partial charge in [-0.3, -0.25) is 10.1 Å². The Hall–Kier alpha value is -2.36. The normalized spacial score (nSPS) is 17.9. The second kappa shape index (κ2) is 8.41. The maximum absolute atomic E-state index is 13.8. The lowest BCUT2D eigenvalue weighted by molar-refractivity contribution is 0.102. The third-order valence-corrected chi connectivity index (χ3v) is 8.26. The van der Waals surface area contributed by atoms with Gasteiger partial charge in [0.1, 0.15) is 11.3 Å². The third kappa shape index (κ3) is 3.97. The molecule has 1 atom stereocenters. The molecule has 1 fully saturated rings. The first-order chi connectivity index (χ1) is 14.4. The summed E-state index contributed by atoms with van der Waals surface area (Å²) in [5.41, 5.74) is 0.519. The fourth-order valence-corrected chi connectivity index (χ4v) is 6.39. The van der Waals surface area contributed by atoms with Crippen LogP contribution in [-0.4, -0.2) is 36.2 Å². The van der Waals surface area contributed by atoms with Crippen LogP contribution in [0.3, 0.4) is 0 Å². The molecule has 1 aliphatic rings. The van der Waals surface area contributed by atoms with Gasteiger partial charge in [-0.2, -0.15) is 4.31 Å². The van der Waals surface area contributed by atoms with Crippen molar-refractivity contribution in [2.24, 2.45) is 0 Å². The molecule has 2 aromatic carbocycles. The Morgan fingerprint density at radius 1 is 1.23 bits per heavy atom. The highest BCUT2D eigenvalue weighted by Gasteiger charge is 2.32. The molecular formula is C21H22FN3O3S2. The van der Waals surface area contributed by atoms with Crippen LogP contribution in [0.15, 0.2) is 47.4 Å². The molecular weight excluding hydrogens is 425 g/mol. The number of nitrogens with zero attached hydrogens (tertiary/aromatic N) is 2. The first kappa shape index (κ1) is 20.9. The van der Waals surface area contributed by atoms with Crippen LogP contribution in [0.1, 0.15) is 43.0 Å². The second-order valence-electron chi connectivity index (χ2n) is 7.26. The standard InChI is InChI=1S/C21H22FN3O3S2/c1-2-15-6-3-4-13-25(15)30(27,28)16-11-9-14(10-12-16)20(26)24-21-23-19-17(22)7-5-8-18(19)29-21/h5,7-12,15H,2-4,6,13H2,1H3,(H,23,24,26)/t15-/m0/s1. The van der Waals surface area contributed by atoms with Crippen LogP contribution in [-0.2, 0) is 10.0 Å². The number of benzene rings is 2. The maximum Gasteiger partial charge on any atom is 0.257 e. The number of amides is 1. The third-order valence-electron chi connectivity index (χ3n) is 5.36. The van der Waals surface area contributed by atoms with Crippen LogP contribution < -0.4 is 5.32 Å².